The zero-order valence-electron chi connectivity index (χ0n) is 21.3. The second-order valence-electron chi connectivity index (χ2n) is 10.2. The lowest BCUT2D eigenvalue weighted by molar-refractivity contribution is -0.176. The first-order chi connectivity index (χ1) is 16.5. The summed E-state index contributed by atoms with van der Waals surface area (Å²) in [6.07, 6.45) is 2.11. The summed E-state index contributed by atoms with van der Waals surface area (Å²) in [5.74, 6) is 0.233. The van der Waals surface area contributed by atoms with E-state index in [1.807, 2.05) is 27.7 Å². The molecule has 2 N–H and O–H groups in total. The van der Waals surface area contributed by atoms with Crippen LogP contribution in [0.1, 0.15) is 65.1 Å². The van der Waals surface area contributed by atoms with Crippen molar-refractivity contribution in [2.45, 2.75) is 71.5 Å². The van der Waals surface area contributed by atoms with Crippen molar-refractivity contribution in [2.24, 2.45) is 13.0 Å². The van der Waals surface area contributed by atoms with Crippen molar-refractivity contribution in [2.75, 3.05) is 6.61 Å². The highest BCUT2D eigenvalue weighted by Crippen LogP contribution is 2.48. The van der Waals surface area contributed by atoms with E-state index < -0.39 is 11.2 Å². The molecule has 9 nitrogen and oxygen atoms in total. The van der Waals surface area contributed by atoms with E-state index in [1.165, 1.54) is 0 Å². The van der Waals surface area contributed by atoms with Gasteiger partial charge >= 0.3 is 5.97 Å². The number of aromatic nitrogens is 4. The quantitative estimate of drug-likeness (QED) is 0.494. The predicted octanol–water partition coefficient (Wildman–Crippen LogP) is 3.61. The summed E-state index contributed by atoms with van der Waals surface area (Å²) in [5, 5.41) is 15.8. The normalized spacial score (nSPS) is 20.0. The van der Waals surface area contributed by atoms with E-state index in [-0.39, 0.29) is 30.3 Å². The van der Waals surface area contributed by atoms with Gasteiger partial charge in [0.25, 0.3) is 5.56 Å². The Labute approximate surface area is 204 Å². The van der Waals surface area contributed by atoms with Crippen LogP contribution >= 0.6 is 0 Å². The lowest BCUT2D eigenvalue weighted by Gasteiger charge is -2.43. The Morgan fingerprint density at radius 1 is 1.29 bits per heavy atom. The molecule has 0 amide bonds. The zero-order valence-corrected chi connectivity index (χ0v) is 21.3. The molecule has 1 aromatic carbocycles. The van der Waals surface area contributed by atoms with Gasteiger partial charge in [-0.2, -0.15) is 5.10 Å². The van der Waals surface area contributed by atoms with E-state index in [0.717, 1.165) is 12.1 Å². The van der Waals surface area contributed by atoms with Gasteiger partial charge in [-0.15, -0.1) is 0 Å². The number of aliphatic hydroxyl groups is 1. The first-order valence-electron chi connectivity index (χ1n) is 12.1. The minimum Gasteiger partial charge on any atom is -0.493 e. The Bertz CT molecular complexity index is 1310. The Morgan fingerprint density at radius 2 is 2.00 bits per heavy atom. The van der Waals surface area contributed by atoms with E-state index in [0.29, 0.717) is 46.8 Å². The highest BCUT2D eigenvalue weighted by Gasteiger charge is 2.49. The van der Waals surface area contributed by atoms with Gasteiger partial charge in [-0.05, 0) is 64.7 Å². The number of hydrogen-bond acceptors (Lipinski definition) is 7. The number of aromatic amines is 1. The summed E-state index contributed by atoms with van der Waals surface area (Å²) in [6, 6.07) is 5.35. The number of aryl methyl sites for hydroxylation is 2. The zero-order chi connectivity index (χ0) is 25.5. The Balaban J connectivity index is 1.72. The predicted molar refractivity (Wildman–Crippen MR) is 132 cm³/mol. The van der Waals surface area contributed by atoms with Crippen molar-refractivity contribution >= 4 is 17.0 Å². The number of nitrogens with zero attached hydrogens (tertiary/aromatic N) is 3. The first kappa shape index (κ1) is 24.9. The molecule has 35 heavy (non-hydrogen) atoms. The molecule has 0 spiro atoms. The van der Waals surface area contributed by atoms with Gasteiger partial charge < -0.3 is 19.6 Å². The summed E-state index contributed by atoms with van der Waals surface area (Å²) in [5.41, 5.74) is 0.926. The molecule has 4 rings (SSSR count). The number of esters is 1. The van der Waals surface area contributed by atoms with E-state index in [2.05, 4.69) is 17.0 Å². The summed E-state index contributed by atoms with van der Waals surface area (Å²) >= 11 is 0. The van der Waals surface area contributed by atoms with Gasteiger partial charge in [-0.1, -0.05) is 19.4 Å². The maximum atomic E-state index is 13.0. The van der Waals surface area contributed by atoms with Crippen LogP contribution in [0.15, 0.2) is 23.0 Å². The summed E-state index contributed by atoms with van der Waals surface area (Å²) in [4.78, 5) is 33.0. The van der Waals surface area contributed by atoms with Crippen LogP contribution in [0.5, 0.6) is 5.75 Å². The number of H-pyrrole nitrogens is 1. The van der Waals surface area contributed by atoms with Crippen molar-refractivity contribution in [3.8, 4) is 17.1 Å². The molecule has 0 unspecified atom stereocenters. The molecule has 0 aliphatic heterocycles. The van der Waals surface area contributed by atoms with E-state index >= 15 is 0 Å². The number of rotatable bonds is 7. The third-order valence-electron chi connectivity index (χ3n) is 6.23. The van der Waals surface area contributed by atoms with Crippen LogP contribution in [-0.2, 0) is 28.6 Å². The number of carbonyl (C=O) groups is 1. The average Bonchev–Trinajstić information content (AvgIpc) is 3.06. The number of fused-ring (bicyclic) bond motifs is 1. The molecule has 1 aliphatic carbocycles. The van der Waals surface area contributed by atoms with Crippen LogP contribution in [-0.4, -0.2) is 43.0 Å². The fourth-order valence-electron chi connectivity index (χ4n) is 4.61. The van der Waals surface area contributed by atoms with Crippen LogP contribution < -0.4 is 10.3 Å². The van der Waals surface area contributed by atoms with Crippen molar-refractivity contribution in [1.82, 2.24) is 19.7 Å². The molecule has 2 aromatic heterocycles. The molecular formula is C26H34N4O5. The SMILES string of the molecule is CCCc1nn(C)c2c(=O)[nH]c(-c3cc(C4(O)CC(C(=O)OC(C)(C)C)C4)ccc3OCC)nc12. The number of benzene rings is 1. The van der Waals surface area contributed by atoms with Gasteiger partial charge in [0.2, 0.25) is 0 Å². The van der Waals surface area contributed by atoms with E-state index in [1.54, 1.807) is 29.9 Å². The van der Waals surface area contributed by atoms with Gasteiger partial charge in [0.1, 0.15) is 22.7 Å². The van der Waals surface area contributed by atoms with E-state index in [9.17, 15) is 14.7 Å². The molecule has 188 valence electrons. The second kappa shape index (κ2) is 9.11. The lowest BCUT2D eigenvalue weighted by atomic mass is 9.67. The first-order valence-corrected chi connectivity index (χ1v) is 12.1. The molecular weight excluding hydrogens is 448 g/mol. The molecule has 0 radical (unpaired) electrons. The molecule has 1 saturated carbocycles. The minimum atomic E-state index is -1.17. The number of carbonyl (C=O) groups excluding carboxylic acids is 1. The third kappa shape index (κ3) is 4.82. The van der Waals surface area contributed by atoms with Crippen LogP contribution in [0.3, 0.4) is 0 Å². The standard InChI is InChI=1S/C26H34N4O5/c1-7-9-18-20-21(30(6)29-18)23(31)28-22(27-20)17-12-16(10-11-19(17)34-8-2)26(33)13-15(14-26)24(32)35-25(3,4)5/h10-12,15,33H,7-9,13-14H2,1-6H3,(H,27,28,31). The Morgan fingerprint density at radius 3 is 2.63 bits per heavy atom. The van der Waals surface area contributed by atoms with Crippen molar-refractivity contribution in [1.29, 1.82) is 0 Å². The maximum absolute atomic E-state index is 13.0. The number of ether oxygens (including phenoxy) is 2. The third-order valence-corrected chi connectivity index (χ3v) is 6.23. The molecule has 1 fully saturated rings. The van der Waals surface area contributed by atoms with Gasteiger partial charge in [0, 0.05) is 7.05 Å². The van der Waals surface area contributed by atoms with Crippen molar-refractivity contribution in [3.05, 3.63) is 39.8 Å². The van der Waals surface area contributed by atoms with Gasteiger partial charge in [0.05, 0.1) is 29.4 Å². The molecule has 1 aliphatic rings. The fraction of sp³-hybridized carbons (Fsp3) is 0.538. The topological polar surface area (TPSA) is 119 Å². The molecule has 2 heterocycles. The number of nitrogens with one attached hydrogen (secondary N) is 1. The summed E-state index contributed by atoms with van der Waals surface area (Å²) in [6.45, 7) is 9.84. The van der Waals surface area contributed by atoms with Crippen LogP contribution in [0.4, 0.5) is 0 Å². The van der Waals surface area contributed by atoms with Gasteiger partial charge in [-0.25, -0.2) is 4.98 Å². The minimum absolute atomic E-state index is 0.265. The average molecular weight is 483 g/mol. The molecule has 0 bridgehead atoms. The van der Waals surface area contributed by atoms with Crippen LogP contribution in [0.25, 0.3) is 22.4 Å². The van der Waals surface area contributed by atoms with Crippen molar-refractivity contribution in [3.63, 3.8) is 0 Å². The van der Waals surface area contributed by atoms with Gasteiger partial charge in [0.15, 0.2) is 5.52 Å². The second-order valence-corrected chi connectivity index (χ2v) is 10.2. The maximum Gasteiger partial charge on any atom is 0.309 e. The summed E-state index contributed by atoms with van der Waals surface area (Å²) in [7, 11) is 1.73. The largest absolute Gasteiger partial charge is 0.493 e. The highest BCUT2D eigenvalue weighted by atomic mass is 16.6. The number of hydrogen-bond donors (Lipinski definition) is 2. The smallest absolute Gasteiger partial charge is 0.309 e. The van der Waals surface area contributed by atoms with E-state index in [4.69, 9.17) is 14.5 Å². The fourth-order valence-corrected chi connectivity index (χ4v) is 4.61. The lowest BCUT2D eigenvalue weighted by Crippen LogP contribution is -2.46. The van der Waals surface area contributed by atoms with Crippen molar-refractivity contribution < 1.29 is 19.4 Å². The molecule has 9 heteroatoms. The molecule has 0 saturated heterocycles. The van der Waals surface area contributed by atoms with Crippen LogP contribution in [0, 0.1) is 5.92 Å². The monoisotopic (exact) mass is 482 g/mol. The van der Waals surface area contributed by atoms with Crippen LogP contribution in [0.2, 0.25) is 0 Å². The molecule has 0 atom stereocenters. The molecule has 3 aromatic rings. The Hall–Kier alpha value is -3.20. The van der Waals surface area contributed by atoms with Gasteiger partial charge in [-0.3, -0.25) is 14.3 Å². The highest BCUT2D eigenvalue weighted by molar-refractivity contribution is 5.80. The Kier molecular flexibility index (Phi) is 6.48. The summed E-state index contributed by atoms with van der Waals surface area (Å²) < 4.78 is 12.9.